The van der Waals surface area contributed by atoms with Crippen LogP contribution in [0.4, 0.5) is 0 Å². The van der Waals surface area contributed by atoms with Crippen molar-refractivity contribution in [3.05, 3.63) is 23.8 Å². The van der Waals surface area contributed by atoms with Crippen LogP contribution in [-0.2, 0) is 0 Å². The molecule has 0 saturated heterocycles. The fourth-order valence-corrected chi connectivity index (χ4v) is 2.18. The van der Waals surface area contributed by atoms with Gasteiger partial charge in [-0.15, -0.1) is 0 Å². The number of fused-ring (bicyclic) bond motifs is 1. The van der Waals surface area contributed by atoms with Crippen LogP contribution in [0.15, 0.2) is 18.2 Å². The van der Waals surface area contributed by atoms with Crippen molar-refractivity contribution >= 4 is 0 Å². The van der Waals surface area contributed by atoms with Crippen LogP contribution in [0.5, 0.6) is 11.5 Å². The Morgan fingerprint density at radius 3 is 3.00 bits per heavy atom. The zero-order valence-electron chi connectivity index (χ0n) is 11.9. The van der Waals surface area contributed by atoms with Gasteiger partial charge in [0.15, 0.2) is 0 Å². The van der Waals surface area contributed by atoms with E-state index in [4.69, 9.17) is 9.47 Å². The summed E-state index contributed by atoms with van der Waals surface area (Å²) in [4.78, 5) is 0. The summed E-state index contributed by atoms with van der Waals surface area (Å²) in [6.45, 7) is 5.12. The van der Waals surface area contributed by atoms with Gasteiger partial charge in [0.25, 0.3) is 0 Å². The molecule has 106 valence electrons. The Morgan fingerprint density at radius 2 is 2.32 bits per heavy atom. The molecule has 0 spiro atoms. The highest BCUT2D eigenvalue weighted by Crippen LogP contribution is 2.34. The molecular weight excluding hydrogens is 242 g/mol. The van der Waals surface area contributed by atoms with E-state index < -0.39 is 5.60 Å². The molecule has 1 heterocycles. The molecule has 1 aromatic rings. The van der Waals surface area contributed by atoms with Gasteiger partial charge < -0.3 is 19.9 Å². The molecule has 2 N–H and O–H groups in total. The second-order valence-corrected chi connectivity index (χ2v) is 5.32. The van der Waals surface area contributed by atoms with Gasteiger partial charge >= 0.3 is 0 Å². The minimum Gasteiger partial charge on any atom is -0.497 e. The molecule has 4 nitrogen and oxygen atoms in total. The molecule has 2 unspecified atom stereocenters. The molecule has 2 atom stereocenters. The Hall–Kier alpha value is -1.26. The second-order valence-electron chi connectivity index (χ2n) is 5.32. The highest BCUT2D eigenvalue weighted by Gasteiger charge is 2.25. The lowest BCUT2D eigenvalue weighted by atomic mass is 9.98. The highest BCUT2D eigenvalue weighted by molar-refractivity contribution is 5.43. The summed E-state index contributed by atoms with van der Waals surface area (Å²) in [6.07, 6.45) is 1.63. The van der Waals surface area contributed by atoms with Gasteiger partial charge in [-0.3, -0.25) is 0 Å². The third-order valence-corrected chi connectivity index (χ3v) is 3.75. The number of ether oxygens (including phenoxy) is 2. The predicted molar refractivity (Wildman–Crippen MR) is 74.8 cm³/mol. The van der Waals surface area contributed by atoms with Crippen molar-refractivity contribution < 1.29 is 14.6 Å². The Bertz CT molecular complexity index is 431. The Balaban J connectivity index is 2.12. The molecule has 1 aromatic carbocycles. The average Bonchev–Trinajstić information content (AvgIpc) is 2.44. The van der Waals surface area contributed by atoms with E-state index in [1.54, 1.807) is 7.11 Å². The summed E-state index contributed by atoms with van der Waals surface area (Å²) in [5.74, 6) is 1.74. The zero-order chi connectivity index (χ0) is 13.9. The van der Waals surface area contributed by atoms with E-state index in [0.29, 0.717) is 13.2 Å². The van der Waals surface area contributed by atoms with Crippen molar-refractivity contribution in [2.45, 2.75) is 38.3 Å². The number of methoxy groups -OCH3 is 1. The molecular formula is C15H23NO3. The number of rotatable bonds is 5. The number of hydrogen-bond acceptors (Lipinski definition) is 4. The maximum Gasteiger partial charge on any atom is 0.124 e. The maximum absolute atomic E-state index is 10.1. The summed E-state index contributed by atoms with van der Waals surface area (Å²) in [5, 5.41) is 13.5. The number of benzene rings is 1. The van der Waals surface area contributed by atoms with Gasteiger partial charge in [0.1, 0.15) is 11.5 Å². The van der Waals surface area contributed by atoms with Crippen molar-refractivity contribution in [2.75, 3.05) is 20.3 Å². The summed E-state index contributed by atoms with van der Waals surface area (Å²) in [5.41, 5.74) is 0.439. The van der Waals surface area contributed by atoms with E-state index in [1.165, 1.54) is 0 Å². The zero-order valence-corrected chi connectivity index (χ0v) is 11.9. The lowest BCUT2D eigenvalue weighted by Gasteiger charge is -2.30. The summed E-state index contributed by atoms with van der Waals surface area (Å²) < 4.78 is 10.9. The van der Waals surface area contributed by atoms with Crippen LogP contribution in [0.25, 0.3) is 0 Å². The van der Waals surface area contributed by atoms with Crippen LogP contribution in [-0.4, -0.2) is 31.0 Å². The highest BCUT2D eigenvalue weighted by atomic mass is 16.5. The molecule has 0 bridgehead atoms. The van der Waals surface area contributed by atoms with Crippen molar-refractivity contribution in [2.24, 2.45) is 0 Å². The molecule has 0 saturated carbocycles. The smallest absolute Gasteiger partial charge is 0.124 e. The van der Waals surface area contributed by atoms with E-state index in [2.05, 4.69) is 5.32 Å². The molecule has 0 amide bonds. The van der Waals surface area contributed by atoms with Crippen LogP contribution in [0, 0.1) is 0 Å². The van der Waals surface area contributed by atoms with Crippen LogP contribution in [0.2, 0.25) is 0 Å². The molecule has 2 rings (SSSR count). The third kappa shape index (κ3) is 3.39. The standard InChI is InChI=1S/C15H23NO3/c1-4-15(2,17)10-16-13-7-8-19-14-6-5-11(18-3)9-12(13)14/h5-6,9,13,16-17H,4,7-8,10H2,1-3H3. The summed E-state index contributed by atoms with van der Waals surface area (Å²) >= 11 is 0. The van der Waals surface area contributed by atoms with Gasteiger partial charge in [0, 0.05) is 24.6 Å². The molecule has 1 aliphatic heterocycles. The molecule has 0 radical (unpaired) electrons. The lowest BCUT2D eigenvalue weighted by Crippen LogP contribution is -2.40. The van der Waals surface area contributed by atoms with Gasteiger partial charge in [-0.2, -0.15) is 0 Å². The van der Waals surface area contributed by atoms with E-state index >= 15 is 0 Å². The first-order chi connectivity index (χ1) is 9.05. The molecule has 4 heteroatoms. The molecule has 0 aromatic heterocycles. The van der Waals surface area contributed by atoms with E-state index in [0.717, 1.165) is 29.9 Å². The van der Waals surface area contributed by atoms with Gasteiger partial charge in [-0.05, 0) is 31.5 Å². The van der Waals surface area contributed by atoms with E-state index in [-0.39, 0.29) is 6.04 Å². The van der Waals surface area contributed by atoms with Crippen LogP contribution in [0.1, 0.15) is 38.3 Å². The number of hydrogen-bond donors (Lipinski definition) is 2. The number of aliphatic hydroxyl groups is 1. The lowest BCUT2D eigenvalue weighted by molar-refractivity contribution is 0.0509. The molecule has 0 fully saturated rings. The SMILES string of the molecule is CCC(C)(O)CNC1CCOc2ccc(OC)cc21. The second kappa shape index (κ2) is 5.80. The molecule has 0 aliphatic carbocycles. The largest absolute Gasteiger partial charge is 0.497 e. The van der Waals surface area contributed by atoms with E-state index in [9.17, 15) is 5.11 Å². The third-order valence-electron chi connectivity index (χ3n) is 3.75. The predicted octanol–water partition coefficient (Wildman–Crippen LogP) is 2.27. The van der Waals surface area contributed by atoms with Gasteiger partial charge in [0.05, 0.1) is 19.3 Å². The monoisotopic (exact) mass is 265 g/mol. The van der Waals surface area contributed by atoms with Crippen LogP contribution in [0.3, 0.4) is 0 Å². The first-order valence-corrected chi connectivity index (χ1v) is 6.82. The summed E-state index contributed by atoms with van der Waals surface area (Å²) in [6, 6.07) is 6.06. The van der Waals surface area contributed by atoms with Crippen molar-refractivity contribution in [3.8, 4) is 11.5 Å². The maximum atomic E-state index is 10.1. The summed E-state index contributed by atoms with van der Waals surface area (Å²) in [7, 11) is 1.66. The van der Waals surface area contributed by atoms with Gasteiger partial charge in [-0.25, -0.2) is 0 Å². The fraction of sp³-hybridized carbons (Fsp3) is 0.600. The van der Waals surface area contributed by atoms with Crippen molar-refractivity contribution in [1.82, 2.24) is 5.32 Å². The molecule has 19 heavy (non-hydrogen) atoms. The topological polar surface area (TPSA) is 50.7 Å². The van der Waals surface area contributed by atoms with Crippen molar-refractivity contribution in [1.29, 1.82) is 0 Å². The number of nitrogens with one attached hydrogen (secondary N) is 1. The van der Waals surface area contributed by atoms with Gasteiger partial charge in [-0.1, -0.05) is 6.92 Å². The minimum absolute atomic E-state index is 0.205. The van der Waals surface area contributed by atoms with Crippen LogP contribution < -0.4 is 14.8 Å². The minimum atomic E-state index is -0.669. The first kappa shape index (κ1) is 14.2. The molecule has 1 aliphatic rings. The fourth-order valence-electron chi connectivity index (χ4n) is 2.18. The quantitative estimate of drug-likeness (QED) is 0.857. The Kier molecular flexibility index (Phi) is 4.32. The first-order valence-electron chi connectivity index (χ1n) is 6.82. The van der Waals surface area contributed by atoms with Crippen molar-refractivity contribution in [3.63, 3.8) is 0 Å². The van der Waals surface area contributed by atoms with Crippen LogP contribution >= 0.6 is 0 Å². The van der Waals surface area contributed by atoms with Gasteiger partial charge in [0.2, 0.25) is 0 Å². The normalized spacial score (nSPS) is 21.2. The Labute approximate surface area is 114 Å². The van der Waals surface area contributed by atoms with E-state index in [1.807, 2.05) is 32.0 Å². The Morgan fingerprint density at radius 1 is 1.53 bits per heavy atom. The average molecular weight is 265 g/mol.